The number of nitrogens with one attached hydrogen (secondary N) is 1. The predicted molar refractivity (Wildman–Crippen MR) is 112 cm³/mol. The predicted octanol–water partition coefficient (Wildman–Crippen LogP) is 2.75. The Hall–Kier alpha value is -3.35. The Morgan fingerprint density at radius 2 is 1.90 bits per heavy atom. The molecule has 1 fully saturated rings. The van der Waals surface area contributed by atoms with Crippen LogP contribution in [0.15, 0.2) is 42.5 Å². The number of rotatable bonds is 4. The number of para-hydroxylation sites is 1. The number of methoxy groups -OCH3 is 1. The standard InChI is InChI=1S/C23H25N3O4/c1-15-6-4-7-16-8-5-13-25(20(15)16)19(27)14-26-21(28)23(2,24-22(26)29)17-9-11-18(30-3)12-10-17/h4,6-7,9-12H,5,8,13-14H2,1-3H3,(H,24,29). The van der Waals surface area contributed by atoms with Crippen molar-refractivity contribution in [3.05, 3.63) is 59.2 Å². The Kier molecular flexibility index (Phi) is 4.97. The molecule has 0 saturated carbocycles. The van der Waals surface area contributed by atoms with E-state index >= 15 is 0 Å². The minimum absolute atomic E-state index is 0.257. The number of hydrogen-bond donors (Lipinski definition) is 1. The zero-order valence-corrected chi connectivity index (χ0v) is 17.4. The number of anilines is 1. The van der Waals surface area contributed by atoms with Gasteiger partial charge in [-0.3, -0.25) is 14.5 Å². The van der Waals surface area contributed by atoms with E-state index in [1.54, 1.807) is 43.2 Å². The molecule has 0 bridgehead atoms. The zero-order chi connectivity index (χ0) is 21.5. The lowest BCUT2D eigenvalue weighted by Crippen LogP contribution is -2.46. The van der Waals surface area contributed by atoms with Crippen LogP contribution in [0.5, 0.6) is 5.75 Å². The van der Waals surface area contributed by atoms with Crippen molar-refractivity contribution in [2.24, 2.45) is 0 Å². The van der Waals surface area contributed by atoms with Crippen LogP contribution >= 0.6 is 0 Å². The van der Waals surface area contributed by atoms with Gasteiger partial charge in [-0.2, -0.15) is 0 Å². The summed E-state index contributed by atoms with van der Waals surface area (Å²) in [6.45, 7) is 3.92. The van der Waals surface area contributed by atoms with Crippen molar-refractivity contribution >= 4 is 23.5 Å². The number of carbonyl (C=O) groups excluding carboxylic acids is 3. The summed E-state index contributed by atoms with van der Waals surface area (Å²) in [5, 5.41) is 2.75. The van der Waals surface area contributed by atoms with Crippen LogP contribution in [-0.4, -0.2) is 42.9 Å². The number of hydrogen-bond acceptors (Lipinski definition) is 4. The van der Waals surface area contributed by atoms with Crippen molar-refractivity contribution in [3.63, 3.8) is 0 Å². The normalized spacial score (nSPS) is 20.8. The third-order valence-electron chi connectivity index (χ3n) is 5.96. The number of nitrogens with zero attached hydrogens (tertiary/aromatic N) is 2. The van der Waals surface area contributed by atoms with Crippen molar-refractivity contribution in [3.8, 4) is 5.75 Å². The molecule has 2 aromatic rings. The van der Waals surface area contributed by atoms with Gasteiger partial charge in [0.15, 0.2) is 0 Å². The number of benzene rings is 2. The maximum atomic E-state index is 13.2. The Morgan fingerprint density at radius 1 is 1.17 bits per heavy atom. The van der Waals surface area contributed by atoms with Gasteiger partial charge in [0, 0.05) is 12.2 Å². The number of fused-ring (bicyclic) bond motifs is 1. The van der Waals surface area contributed by atoms with Crippen molar-refractivity contribution in [2.45, 2.75) is 32.2 Å². The van der Waals surface area contributed by atoms with Crippen LogP contribution in [-0.2, 0) is 21.5 Å². The molecule has 4 amide bonds. The molecule has 7 heteroatoms. The van der Waals surface area contributed by atoms with Crippen LogP contribution in [0.1, 0.15) is 30.0 Å². The highest BCUT2D eigenvalue weighted by atomic mass is 16.5. The van der Waals surface area contributed by atoms with E-state index in [9.17, 15) is 14.4 Å². The molecule has 1 saturated heterocycles. The van der Waals surface area contributed by atoms with E-state index in [4.69, 9.17) is 4.74 Å². The highest BCUT2D eigenvalue weighted by Crippen LogP contribution is 2.32. The average molecular weight is 407 g/mol. The summed E-state index contributed by atoms with van der Waals surface area (Å²) in [5.41, 5.74) is 2.45. The number of amides is 4. The molecule has 1 unspecified atom stereocenters. The molecule has 1 N–H and O–H groups in total. The molecule has 4 rings (SSSR count). The quantitative estimate of drug-likeness (QED) is 0.791. The van der Waals surface area contributed by atoms with Crippen molar-refractivity contribution in [1.29, 1.82) is 0 Å². The minimum Gasteiger partial charge on any atom is -0.497 e. The first-order chi connectivity index (χ1) is 14.3. The fourth-order valence-electron chi connectivity index (χ4n) is 4.28. The van der Waals surface area contributed by atoms with Crippen molar-refractivity contribution in [1.82, 2.24) is 10.2 Å². The van der Waals surface area contributed by atoms with Crippen LogP contribution in [0.4, 0.5) is 10.5 Å². The van der Waals surface area contributed by atoms with Crippen LogP contribution in [0.2, 0.25) is 0 Å². The number of carbonyl (C=O) groups is 3. The lowest BCUT2D eigenvalue weighted by molar-refractivity contribution is -0.134. The van der Waals surface area contributed by atoms with Crippen molar-refractivity contribution in [2.75, 3.05) is 25.1 Å². The fraction of sp³-hybridized carbons (Fsp3) is 0.348. The number of aryl methyl sites for hydroxylation is 2. The van der Waals surface area contributed by atoms with Gasteiger partial charge in [0.1, 0.15) is 17.8 Å². The van der Waals surface area contributed by atoms with Gasteiger partial charge in [-0.1, -0.05) is 30.3 Å². The van der Waals surface area contributed by atoms with E-state index in [-0.39, 0.29) is 12.5 Å². The highest BCUT2D eigenvalue weighted by molar-refractivity contribution is 6.10. The fourth-order valence-corrected chi connectivity index (χ4v) is 4.28. The minimum atomic E-state index is -1.22. The van der Waals surface area contributed by atoms with E-state index in [0.717, 1.165) is 34.6 Å². The number of imide groups is 1. The van der Waals surface area contributed by atoms with E-state index in [2.05, 4.69) is 5.32 Å². The van der Waals surface area contributed by atoms with E-state index in [0.29, 0.717) is 17.9 Å². The Bertz CT molecular complexity index is 1020. The number of urea groups is 1. The van der Waals surface area contributed by atoms with Crippen LogP contribution in [0.25, 0.3) is 0 Å². The summed E-state index contributed by atoms with van der Waals surface area (Å²) in [5.74, 6) is -0.0361. The second-order valence-corrected chi connectivity index (χ2v) is 7.91. The van der Waals surface area contributed by atoms with Gasteiger partial charge in [-0.25, -0.2) is 4.79 Å². The van der Waals surface area contributed by atoms with Crippen LogP contribution in [0, 0.1) is 6.92 Å². The Morgan fingerprint density at radius 3 is 2.60 bits per heavy atom. The van der Waals surface area contributed by atoms with Gasteiger partial charge in [-0.15, -0.1) is 0 Å². The second-order valence-electron chi connectivity index (χ2n) is 7.91. The van der Waals surface area contributed by atoms with Crippen LogP contribution < -0.4 is 15.0 Å². The summed E-state index contributed by atoms with van der Waals surface area (Å²) in [4.78, 5) is 41.6. The Balaban J connectivity index is 1.56. The summed E-state index contributed by atoms with van der Waals surface area (Å²) in [6, 6.07) is 12.4. The highest BCUT2D eigenvalue weighted by Gasteiger charge is 2.49. The molecular weight excluding hydrogens is 382 g/mol. The second kappa shape index (κ2) is 7.48. The molecule has 156 valence electrons. The van der Waals surface area contributed by atoms with Gasteiger partial charge < -0.3 is 15.0 Å². The largest absolute Gasteiger partial charge is 0.497 e. The number of ether oxygens (including phenoxy) is 1. The van der Waals surface area contributed by atoms with Gasteiger partial charge in [-0.05, 0) is 55.5 Å². The molecule has 1 atom stereocenters. The van der Waals surface area contributed by atoms with Crippen LogP contribution in [0.3, 0.4) is 0 Å². The molecule has 2 heterocycles. The SMILES string of the molecule is COc1ccc(C2(C)NC(=O)N(CC(=O)N3CCCc4cccc(C)c43)C2=O)cc1. The third kappa shape index (κ3) is 3.20. The summed E-state index contributed by atoms with van der Waals surface area (Å²) >= 11 is 0. The molecule has 0 radical (unpaired) electrons. The van der Waals surface area contributed by atoms with Gasteiger partial charge in [0.2, 0.25) is 5.91 Å². The molecule has 0 aliphatic carbocycles. The maximum absolute atomic E-state index is 13.2. The van der Waals surface area contributed by atoms with Crippen molar-refractivity contribution < 1.29 is 19.1 Å². The molecule has 2 aliphatic heterocycles. The molecule has 7 nitrogen and oxygen atoms in total. The molecule has 2 aliphatic rings. The topological polar surface area (TPSA) is 79.0 Å². The third-order valence-corrected chi connectivity index (χ3v) is 5.96. The van der Waals surface area contributed by atoms with Gasteiger partial charge in [0.25, 0.3) is 5.91 Å². The average Bonchev–Trinajstić information content (AvgIpc) is 2.97. The van der Waals surface area contributed by atoms with E-state index < -0.39 is 17.5 Å². The lowest BCUT2D eigenvalue weighted by atomic mass is 9.92. The first kappa shape index (κ1) is 19.9. The Labute approximate surface area is 175 Å². The monoisotopic (exact) mass is 407 g/mol. The first-order valence-electron chi connectivity index (χ1n) is 10.0. The molecule has 0 spiro atoms. The first-order valence-corrected chi connectivity index (χ1v) is 10.0. The summed E-state index contributed by atoms with van der Waals surface area (Å²) < 4.78 is 5.16. The molecule has 2 aromatic carbocycles. The lowest BCUT2D eigenvalue weighted by Gasteiger charge is -2.32. The zero-order valence-electron chi connectivity index (χ0n) is 17.4. The van der Waals surface area contributed by atoms with E-state index in [1.807, 2.05) is 25.1 Å². The molecule has 30 heavy (non-hydrogen) atoms. The summed E-state index contributed by atoms with van der Waals surface area (Å²) in [7, 11) is 1.56. The molecule has 0 aromatic heterocycles. The summed E-state index contributed by atoms with van der Waals surface area (Å²) in [6.07, 6.45) is 1.77. The smallest absolute Gasteiger partial charge is 0.325 e. The van der Waals surface area contributed by atoms with Gasteiger partial charge in [0.05, 0.1) is 7.11 Å². The maximum Gasteiger partial charge on any atom is 0.325 e. The molecular formula is C23H25N3O4. The van der Waals surface area contributed by atoms with Gasteiger partial charge >= 0.3 is 6.03 Å². The van der Waals surface area contributed by atoms with E-state index in [1.165, 1.54) is 0 Å².